The third kappa shape index (κ3) is 2.51. The number of amides is 1. The minimum absolute atomic E-state index is 0. The molecule has 0 spiro atoms. The molecular formula is C13H19ClN4O3. The van der Waals surface area contributed by atoms with Crippen LogP contribution in [0, 0.1) is 22.0 Å². The Kier molecular flexibility index (Phi) is 4.25. The molecule has 3 unspecified atom stereocenters. The molecule has 3 atom stereocenters. The van der Waals surface area contributed by atoms with Crippen LogP contribution in [0.1, 0.15) is 23.3 Å². The van der Waals surface area contributed by atoms with Crippen LogP contribution in [0.5, 0.6) is 0 Å². The molecule has 0 bridgehead atoms. The lowest BCUT2D eigenvalue weighted by Gasteiger charge is -2.17. The van der Waals surface area contributed by atoms with Gasteiger partial charge in [0.2, 0.25) is 0 Å². The zero-order valence-electron chi connectivity index (χ0n) is 11.8. The molecule has 2 heterocycles. The van der Waals surface area contributed by atoms with Crippen LogP contribution in [0.4, 0.5) is 5.82 Å². The molecule has 116 valence electrons. The number of aromatic nitrogens is 1. The highest BCUT2D eigenvalue weighted by Gasteiger charge is 2.43. The van der Waals surface area contributed by atoms with E-state index < -0.39 is 4.92 Å². The third-order valence-electron chi connectivity index (χ3n) is 4.70. The molecule has 0 radical (unpaired) electrons. The molecule has 1 saturated heterocycles. The van der Waals surface area contributed by atoms with Gasteiger partial charge in [-0.3, -0.25) is 4.79 Å². The number of nitro groups is 1. The van der Waals surface area contributed by atoms with Crippen LogP contribution in [0.15, 0.2) is 12.1 Å². The van der Waals surface area contributed by atoms with Crippen LogP contribution in [-0.4, -0.2) is 39.4 Å². The highest BCUT2D eigenvalue weighted by molar-refractivity contribution is 5.93. The standard InChI is InChI=1S/C13H18N4O3.ClH/c1-15-11(4-5-12(15)17(19)20)13(18)16-6-8-2-3-10(14)9(8)7-16;/h4-5,8-10H,2-3,6-7,14H2,1H3;1H. The SMILES string of the molecule is Cl.Cn1c(C(=O)N2CC3CCC(N)C3C2)ccc1[N+](=O)[O-]. The lowest BCUT2D eigenvalue weighted by molar-refractivity contribution is -0.391. The van der Waals surface area contributed by atoms with Crippen molar-refractivity contribution < 1.29 is 9.72 Å². The van der Waals surface area contributed by atoms with Gasteiger partial charge in [-0.1, -0.05) is 0 Å². The number of nitrogens with two attached hydrogens (primary N) is 1. The molecule has 1 aromatic rings. The van der Waals surface area contributed by atoms with Crippen LogP contribution in [0.2, 0.25) is 0 Å². The van der Waals surface area contributed by atoms with Gasteiger partial charge in [-0.25, -0.2) is 4.57 Å². The van der Waals surface area contributed by atoms with Crippen molar-refractivity contribution in [2.24, 2.45) is 24.6 Å². The molecule has 1 saturated carbocycles. The van der Waals surface area contributed by atoms with Gasteiger partial charge in [0.25, 0.3) is 5.91 Å². The molecule has 0 aromatic carbocycles. The topological polar surface area (TPSA) is 94.4 Å². The zero-order chi connectivity index (χ0) is 14.4. The third-order valence-corrected chi connectivity index (χ3v) is 4.70. The molecule has 2 N–H and O–H groups in total. The van der Waals surface area contributed by atoms with Gasteiger partial charge >= 0.3 is 5.82 Å². The monoisotopic (exact) mass is 314 g/mol. The molecule has 3 rings (SSSR count). The Labute approximate surface area is 128 Å². The van der Waals surface area contributed by atoms with E-state index in [-0.39, 0.29) is 30.2 Å². The smallest absolute Gasteiger partial charge is 0.323 e. The van der Waals surface area contributed by atoms with Crippen molar-refractivity contribution in [2.75, 3.05) is 13.1 Å². The molecule has 1 aliphatic heterocycles. The average molecular weight is 315 g/mol. The summed E-state index contributed by atoms with van der Waals surface area (Å²) in [5.41, 5.74) is 6.43. The molecular weight excluding hydrogens is 296 g/mol. The molecule has 7 nitrogen and oxygen atoms in total. The Morgan fingerprint density at radius 3 is 2.67 bits per heavy atom. The fourth-order valence-electron chi connectivity index (χ4n) is 3.53. The van der Waals surface area contributed by atoms with Gasteiger partial charge < -0.3 is 20.7 Å². The molecule has 21 heavy (non-hydrogen) atoms. The summed E-state index contributed by atoms with van der Waals surface area (Å²) in [6.45, 7) is 1.39. The first-order chi connectivity index (χ1) is 9.49. The second-order valence-electron chi connectivity index (χ2n) is 5.77. The summed E-state index contributed by atoms with van der Waals surface area (Å²) < 4.78 is 1.34. The number of nitrogens with zero attached hydrogens (tertiary/aromatic N) is 3. The fourth-order valence-corrected chi connectivity index (χ4v) is 3.53. The number of carbonyl (C=O) groups excluding carboxylic acids is 1. The maximum Gasteiger partial charge on any atom is 0.323 e. The molecule has 1 aromatic heterocycles. The molecule has 1 amide bonds. The van der Waals surface area contributed by atoms with Crippen molar-refractivity contribution in [2.45, 2.75) is 18.9 Å². The molecule has 2 aliphatic rings. The first kappa shape index (κ1) is 15.8. The normalized spacial score (nSPS) is 27.3. The molecule has 2 fully saturated rings. The fraction of sp³-hybridized carbons (Fsp3) is 0.615. The predicted octanol–water partition coefficient (Wildman–Crippen LogP) is 1.16. The number of hydrogen-bond acceptors (Lipinski definition) is 4. The summed E-state index contributed by atoms with van der Waals surface area (Å²) in [5, 5.41) is 10.8. The number of carbonyl (C=O) groups is 1. The van der Waals surface area contributed by atoms with E-state index in [1.54, 1.807) is 11.9 Å². The Hall–Kier alpha value is -1.60. The molecule has 8 heteroatoms. The summed E-state index contributed by atoms with van der Waals surface area (Å²) >= 11 is 0. The lowest BCUT2D eigenvalue weighted by atomic mass is 9.98. The first-order valence-corrected chi connectivity index (χ1v) is 6.84. The van der Waals surface area contributed by atoms with Crippen LogP contribution in [-0.2, 0) is 7.05 Å². The van der Waals surface area contributed by atoms with Crippen LogP contribution >= 0.6 is 12.4 Å². The van der Waals surface area contributed by atoms with E-state index in [0.29, 0.717) is 24.1 Å². The second-order valence-corrected chi connectivity index (χ2v) is 5.77. The number of rotatable bonds is 2. The van der Waals surface area contributed by atoms with E-state index in [2.05, 4.69) is 0 Å². The minimum Gasteiger partial charge on any atom is -0.358 e. The van der Waals surface area contributed by atoms with Crippen LogP contribution in [0.3, 0.4) is 0 Å². The van der Waals surface area contributed by atoms with Crippen molar-refractivity contribution in [3.8, 4) is 0 Å². The number of fused-ring (bicyclic) bond motifs is 1. The van der Waals surface area contributed by atoms with E-state index in [4.69, 9.17) is 5.73 Å². The van der Waals surface area contributed by atoms with Gasteiger partial charge in [0.1, 0.15) is 0 Å². The van der Waals surface area contributed by atoms with Crippen molar-refractivity contribution in [3.63, 3.8) is 0 Å². The maximum absolute atomic E-state index is 12.5. The number of likely N-dealkylation sites (tertiary alicyclic amines) is 1. The van der Waals surface area contributed by atoms with Gasteiger partial charge in [0.05, 0.1) is 7.05 Å². The highest BCUT2D eigenvalue weighted by Crippen LogP contribution is 2.37. The maximum atomic E-state index is 12.5. The summed E-state index contributed by atoms with van der Waals surface area (Å²) in [6.07, 6.45) is 2.11. The van der Waals surface area contributed by atoms with E-state index in [1.165, 1.54) is 16.7 Å². The van der Waals surface area contributed by atoms with Crippen LogP contribution < -0.4 is 5.73 Å². The van der Waals surface area contributed by atoms with E-state index in [0.717, 1.165) is 19.4 Å². The Morgan fingerprint density at radius 2 is 2.10 bits per heavy atom. The number of hydrogen-bond donors (Lipinski definition) is 1. The quantitative estimate of drug-likeness (QED) is 0.654. The minimum atomic E-state index is -0.481. The van der Waals surface area contributed by atoms with Crippen LogP contribution in [0.25, 0.3) is 0 Å². The Morgan fingerprint density at radius 1 is 1.38 bits per heavy atom. The van der Waals surface area contributed by atoms with Crippen molar-refractivity contribution in [1.82, 2.24) is 9.47 Å². The molecule has 1 aliphatic carbocycles. The highest BCUT2D eigenvalue weighted by atomic mass is 35.5. The van der Waals surface area contributed by atoms with Crippen molar-refractivity contribution >= 4 is 24.1 Å². The summed E-state index contributed by atoms with van der Waals surface area (Å²) in [7, 11) is 1.55. The largest absolute Gasteiger partial charge is 0.358 e. The van der Waals surface area contributed by atoms with E-state index in [9.17, 15) is 14.9 Å². The lowest BCUT2D eigenvalue weighted by Crippen LogP contribution is -2.34. The van der Waals surface area contributed by atoms with Gasteiger partial charge in [-0.15, -0.1) is 12.4 Å². The Balaban J connectivity index is 0.00000161. The van der Waals surface area contributed by atoms with Crippen molar-refractivity contribution in [3.05, 3.63) is 27.9 Å². The Bertz CT molecular complexity index is 574. The summed E-state index contributed by atoms with van der Waals surface area (Å²) in [6, 6.07) is 3.07. The average Bonchev–Trinajstić information content (AvgIpc) is 3.05. The van der Waals surface area contributed by atoms with Gasteiger partial charge in [0, 0.05) is 25.2 Å². The van der Waals surface area contributed by atoms with Gasteiger partial charge in [0.15, 0.2) is 5.69 Å². The predicted molar refractivity (Wildman–Crippen MR) is 79.4 cm³/mol. The van der Waals surface area contributed by atoms with E-state index in [1.807, 2.05) is 0 Å². The van der Waals surface area contributed by atoms with Gasteiger partial charge in [-0.2, -0.15) is 0 Å². The zero-order valence-corrected chi connectivity index (χ0v) is 12.6. The summed E-state index contributed by atoms with van der Waals surface area (Å²) in [5.74, 6) is 0.671. The van der Waals surface area contributed by atoms with Gasteiger partial charge in [-0.05, 0) is 35.7 Å². The van der Waals surface area contributed by atoms with E-state index >= 15 is 0 Å². The number of halogens is 1. The first-order valence-electron chi connectivity index (χ1n) is 6.84. The van der Waals surface area contributed by atoms with Crippen molar-refractivity contribution in [1.29, 1.82) is 0 Å². The second kappa shape index (κ2) is 5.65. The summed E-state index contributed by atoms with van der Waals surface area (Å²) in [4.78, 5) is 24.6.